The van der Waals surface area contributed by atoms with Crippen molar-refractivity contribution >= 4 is 17.4 Å². The predicted octanol–water partition coefficient (Wildman–Crippen LogP) is 4.36. The Kier molecular flexibility index (Phi) is 5.93. The fraction of sp³-hybridized carbons (Fsp3) is 0.250. The SMILES string of the molecule is Cc1ccccc1C(=O)NC1CCN(c2ccc([N+](=O)[O-])c(-c3ccccc3)n2)CC1. The van der Waals surface area contributed by atoms with Crippen LogP contribution < -0.4 is 10.2 Å². The first kappa shape index (κ1) is 20.5. The van der Waals surface area contributed by atoms with Crippen molar-refractivity contribution in [3.05, 3.63) is 88.0 Å². The highest BCUT2D eigenvalue weighted by Crippen LogP contribution is 2.31. The maximum Gasteiger partial charge on any atom is 0.295 e. The van der Waals surface area contributed by atoms with Crippen LogP contribution in [0.5, 0.6) is 0 Å². The van der Waals surface area contributed by atoms with E-state index >= 15 is 0 Å². The topological polar surface area (TPSA) is 88.4 Å². The molecule has 1 aromatic heterocycles. The van der Waals surface area contributed by atoms with E-state index in [1.165, 1.54) is 6.07 Å². The number of amides is 1. The molecule has 31 heavy (non-hydrogen) atoms. The van der Waals surface area contributed by atoms with Gasteiger partial charge in [0.2, 0.25) is 0 Å². The van der Waals surface area contributed by atoms with Gasteiger partial charge in [0.25, 0.3) is 11.6 Å². The maximum absolute atomic E-state index is 12.6. The molecule has 0 atom stereocenters. The van der Waals surface area contributed by atoms with E-state index in [0.717, 1.165) is 37.1 Å². The molecule has 7 nitrogen and oxygen atoms in total. The molecule has 4 rings (SSSR count). The van der Waals surface area contributed by atoms with E-state index < -0.39 is 4.92 Å². The lowest BCUT2D eigenvalue weighted by Crippen LogP contribution is -2.45. The maximum atomic E-state index is 12.6. The fourth-order valence-electron chi connectivity index (χ4n) is 3.92. The lowest BCUT2D eigenvalue weighted by Gasteiger charge is -2.33. The van der Waals surface area contributed by atoms with Crippen molar-refractivity contribution in [1.29, 1.82) is 0 Å². The Morgan fingerprint density at radius 3 is 2.39 bits per heavy atom. The molecular formula is C24H24N4O3. The van der Waals surface area contributed by atoms with Crippen LogP contribution in [0.4, 0.5) is 11.5 Å². The van der Waals surface area contributed by atoms with Crippen molar-refractivity contribution in [2.75, 3.05) is 18.0 Å². The van der Waals surface area contributed by atoms with Gasteiger partial charge in [-0.2, -0.15) is 0 Å². The van der Waals surface area contributed by atoms with Gasteiger partial charge in [0.05, 0.1) is 4.92 Å². The third-order valence-electron chi connectivity index (χ3n) is 5.65. The molecule has 2 heterocycles. The van der Waals surface area contributed by atoms with Crippen molar-refractivity contribution in [2.24, 2.45) is 0 Å². The van der Waals surface area contributed by atoms with Crippen molar-refractivity contribution in [3.8, 4) is 11.3 Å². The van der Waals surface area contributed by atoms with Gasteiger partial charge in [-0.05, 0) is 37.5 Å². The standard InChI is InChI=1S/C24H24N4O3/c1-17-7-5-6-10-20(17)24(29)25-19-13-15-27(16-14-19)22-12-11-21(28(30)31)23(26-22)18-8-3-2-4-9-18/h2-12,19H,13-16H2,1H3,(H,25,29). The Hall–Kier alpha value is -3.74. The number of nitrogens with one attached hydrogen (secondary N) is 1. The number of hydrogen-bond donors (Lipinski definition) is 1. The van der Waals surface area contributed by atoms with Crippen LogP contribution in [0.15, 0.2) is 66.7 Å². The molecule has 158 valence electrons. The van der Waals surface area contributed by atoms with E-state index in [9.17, 15) is 14.9 Å². The first-order chi connectivity index (χ1) is 15.0. The molecule has 0 spiro atoms. The van der Waals surface area contributed by atoms with Gasteiger partial charge < -0.3 is 10.2 Å². The molecule has 1 N–H and O–H groups in total. The predicted molar refractivity (Wildman–Crippen MR) is 120 cm³/mol. The molecule has 7 heteroatoms. The largest absolute Gasteiger partial charge is 0.356 e. The zero-order valence-corrected chi connectivity index (χ0v) is 17.3. The molecule has 1 amide bonds. The normalized spacial score (nSPS) is 14.3. The molecule has 1 saturated heterocycles. The highest BCUT2D eigenvalue weighted by atomic mass is 16.6. The highest BCUT2D eigenvalue weighted by molar-refractivity contribution is 5.95. The molecule has 0 saturated carbocycles. The number of rotatable bonds is 5. The minimum Gasteiger partial charge on any atom is -0.356 e. The minimum absolute atomic E-state index is 0.00432. The molecule has 0 aliphatic carbocycles. The summed E-state index contributed by atoms with van der Waals surface area (Å²) < 4.78 is 0. The number of nitrogens with zero attached hydrogens (tertiary/aromatic N) is 3. The van der Waals surface area contributed by atoms with Crippen LogP contribution in [0.2, 0.25) is 0 Å². The van der Waals surface area contributed by atoms with Gasteiger partial charge >= 0.3 is 0 Å². The third kappa shape index (κ3) is 4.55. The van der Waals surface area contributed by atoms with E-state index in [-0.39, 0.29) is 17.6 Å². The number of carbonyl (C=O) groups is 1. The van der Waals surface area contributed by atoms with Gasteiger partial charge in [-0.1, -0.05) is 48.5 Å². The minimum atomic E-state index is -0.396. The highest BCUT2D eigenvalue weighted by Gasteiger charge is 2.25. The van der Waals surface area contributed by atoms with E-state index in [2.05, 4.69) is 15.2 Å². The molecule has 3 aromatic rings. The summed E-state index contributed by atoms with van der Waals surface area (Å²) in [6.45, 7) is 3.37. The second-order valence-electron chi connectivity index (χ2n) is 7.71. The molecule has 0 unspecified atom stereocenters. The van der Waals surface area contributed by atoms with Gasteiger partial charge in [-0.3, -0.25) is 14.9 Å². The molecule has 2 aromatic carbocycles. The van der Waals surface area contributed by atoms with Crippen LogP contribution in [0.1, 0.15) is 28.8 Å². The van der Waals surface area contributed by atoms with Gasteiger partial charge in [0.15, 0.2) is 5.69 Å². The second kappa shape index (κ2) is 8.95. The number of anilines is 1. The van der Waals surface area contributed by atoms with Gasteiger partial charge in [0, 0.05) is 36.3 Å². The van der Waals surface area contributed by atoms with Crippen LogP contribution in [0.25, 0.3) is 11.3 Å². The molecule has 0 bridgehead atoms. The summed E-state index contributed by atoms with van der Waals surface area (Å²) >= 11 is 0. The van der Waals surface area contributed by atoms with Gasteiger partial charge in [-0.25, -0.2) is 4.98 Å². The quantitative estimate of drug-likeness (QED) is 0.493. The van der Waals surface area contributed by atoms with Crippen molar-refractivity contribution in [3.63, 3.8) is 0 Å². The first-order valence-corrected chi connectivity index (χ1v) is 10.4. The average Bonchev–Trinajstić information content (AvgIpc) is 2.80. The number of piperidine rings is 1. The molecular weight excluding hydrogens is 392 g/mol. The van der Waals surface area contributed by atoms with Crippen molar-refractivity contribution < 1.29 is 9.72 Å². The fourth-order valence-corrected chi connectivity index (χ4v) is 3.92. The lowest BCUT2D eigenvalue weighted by molar-refractivity contribution is -0.384. The number of nitro groups is 1. The summed E-state index contributed by atoms with van der Waals surface area (Å²) in [7, 11) is 0. The third-order valence-corrected chi connectivity index (χ3v) is 5.65. The first-order valence-electron chi connectivity index (χ1n) is 10.4. The number of carbonyl (C=O) groups excluding carboxylic acids is 1. The lowest BCUT2D eigenvalue weighted by atomic mass is 10.0. The molecule has 1 aliphatic rings. The van der Waals surface area contributed by atoms with Crippen LogP contribution in [0.3, 0.4) is 0 Å². The van der Waals surface area contributed by atoms with E-state index in [1.807, 2.05) is 61.5 Å². The summed E-state index contributed by atoms with van der Waals surface area (Å²) in [5.74, 6) is 0.671. The van der Waals surface area contributed by atoms with Crippen LogP contribution in [0, 0.1) is 17.0 Å². The van der Waals surface area contributed by atoms with E-state index in [4.69, 9.17) is 0 Å². The number of hydrogen-bond acceptors (Lipinski definition) is 5. The molecule has 1 fully saturated rings. The van der Waals surface area contributed by atoms with Gasteiger partial charge in [0.1, 0.15) is 5.82 Å². The number of aryl methyl sites for hydroxylation is 1. The number of pyridine rings is 1. The molecule has 0 radical (unpaired) electrons. The zero-order valence-electron chi connectivity index (χ0n) is 17.3. The Morgan fingerprint density at radius 1 is 1.03 bits per heavy atom. The van der Waals surface area contributed by atoms with Crippen molar-refractivity contribution in [2.45, 2.75) is 25.8 Å². The van der Waals surface area contributed by atoms with E-state index in [0.29, 0.717) is 17.1 Å². The Bertz CT molecular complexity index is 1090. The summed E-state index contributed by atoms with van der Waals surface area (Å²) in [4.78, 5) is 30.4. The second-order valence-corrected chi connectivity index (χ2v) is 7.71. The monoisotopic (exact) mass is 416 g/mol. The summed E-state index contributed by atoms with van der Waals surface area (Å²) in [6, 6.07) is 20.1. The Labute approximate surface area is 180 Å². The smallest absolute Gasteiger partial charge is 0.295 e. The Balaban J connectivity index is 1.46. The molecule has 1 aliphatic heterocycles. The summed E-state index contributed by atoms with van der Waals surface area (Å²) in [5.41, 5.74) is 2.75. The number of benzene rings is 2. The summed E-state index contributed by atoms with van der Waals surface area (Å²) in [5, 5.41) is 14.6. The Morgan fingerprint density at radius 2 is 1.71 bits per heavy atom. The van der Waals surface area contributed by atoms with Crippen LogP contribution in [-0.2, 0) is 0 Å². The van der Waals surface area contributed by atoms with Crippen LogP contribution >= 0.6 is 0 Å². The van der Waals surface area contributed by atoms with E-state index in [1.54, 1.807) is 6.07 Å². The zero-order chi connectivity index (χ0) is 21.8. The average molecular weight is 416 g/mol. The summed E-state index contributed by atoms with van der Waals surface area (Å²) in [6.07, 6.45) is 1.58. The number of aromatic nitrogens is 1. The van der Waals surface area contributed by atoms with Crippen molar-refractivity contribution in [1.82, 2.24) is 10.3 Å². The van der Waals surface area contributed by atoms with Gasteiger partial charge in [-0.15, -0.1) is 0 Å². The van der Waals surface area contributed by atoms with Crippen LogP contribution in [-0.4, -0.2) is 34.9 Å².